The maximum absolute atomic E-state index is 12.7. The van der Waals surface area contributed by atoms with Crippen molar-refractivity contribution in [3.8, 4) is 11.5 Å². The Kier molecular flexibility index (Phi) is 11.9. The smallest absolute Gasteiger partial charge is 0.342 e. The molecule has 2 N–H and O–H groups in total. The van der Waals surface area contributed by atoms with Gasteiger partial charge in [-0.25, -0.2) is 4.79 Å². The van der Waals surface area contributed by atoms with Crippen LogP contribution in [0.25, 0.3) is 0 Å². The first kappa shape index (κ1) is 28.0. The predicted molar refractivity (Wildman–Crippen MR) is 136 cm³/mol. The van der Waals surface area contributed by atoms with E-state index < -0.39 is 17.5 Å². The van der Waals surface area contributed by atoms with E-state index in [1.807, 2.05) is 6.08 Å². The molecule has 1 aliphatic heterocycles. The van der Waals surface area contributed by atoms with E-state index in [0.29, 0.717) is 31.6 Å². The van der Waals surface area contributed by atoms with E-state index >= 15 is 0 Å². The van der Waals surface area contributed by atoms with Gasteiger partial charge >= 0.3 is 5.97 Å². The van der Waals surface area contributed by atoms with E-state index in [9.17, 15) is 19.8 Å². The fraction of sp³-hybridized carbons (Fsp3) is 0.423. The molecule has 0 spiro atoms. The highest BCUT2D eigenvalue weighted by Gasteiger charge is 2.24. The number of oxime groups is 1. The lowest BCUT2D eigenvalue weighted by Crippen LogP contribution is -2.37. The Hall–Kier alpha value is -3.26. The number of hydrogen-bond donors (Lipinski definition) is 2. The number of ether oxygens (including phenoxy) is 1. The third-order valence-electron chi connectivity index (χ3n) is 5.36. The lowest BCUT2D eigenvalue weighted by Gasteiger charge is -2.26. The minimum Gasteiger partial charge on any atom is -0.507 e. The first-order chi connectivity index (χ1) is 16.9. The van der Waals surface area contributed by atoms with Gasteiger partial charge in [0, 0.05) is 25.6 Å². The maximum atomic E-state index is 12.7. The molecule has 0 aliphatic carbocycles. The summed E-state index contributed by atoms with van der Waals surface area (Å²) < 4.78 is 5.20. The fourth-order valence-corrected chi connectivity index (χ4v) is 3.74. The summed E-state index contributed by atoms with van der Waals surface area (Å²) in [6.45, 7) is 8.53. The number of hydrogen-bond acceptors (Lipinski definition) is 7. The van der Waals surface area contributed by atoms with Crippen LogP contribution in [-0.4, -0.2) is 59.0 Å². The highest BCUT2D eigenvalue weighted by Crippen LogP contribution is 2.37. The van der Waals surface area contributed by atoms with Gasteiger partial charge in [0.25, 0.3) is 5.91 Å². The van der Waals surface area contributed by atoms with E-state index in [-0.39, 0.29) is 41.7 Å². The van der Waals surface area contributed by atoms with Crippen molar-refractivity contribution < 1.29 is 29.4 Å². The van der Waals surface area contributed by atoms with Crippen molar-refractivity contribution in [2.45, 2.75) is 44.9 Å². The van der Waals surface area contributed by atoms with E-state index in [1.54, 1.807) is 23.1 Å². The van der Waals surface area contributed by atoms with Gasteiger partial charge in [-0.1, -0.05) is 35.0 Å². The SMILES string of the molecule is C=CCC/C=C/C(Cc1c(Cl)c(O)cc(O)c1C(=O)OCCC=C)=NOCC(=O)N1CCCCC1. The summed E-state index contributed by atoms with van der Waals surface area (Å²) in [5.74, 6) is -1.81. The number of aromatic hydroxyl groups is 2. The van der Waals surface area contributed by atoms with Crippen LogP contribution >= 0.6 is 11.6 Å². The Morgan fingerprint density at radius 2 is 1.80 bits per heavy atom. The summed E-state index contributed by atoms with van der Waals surface area (Å²) in [5, 5.41) is 24.5. The van der Waals surface area contributed by atoms with Crippen molar-refractivity contribution in [2.75, 3.05) is 26.3 Å². The van der Waals surface area contributed by atoms with Crippen LogP contribution in [0.3, 0.4) is 0 Å². The third kappa shape index (κ3) is 8.79. The quantitative estimate of drug-likeness (QED) is 0.129. The molecule has 0 bridgehead atoms. The molecule has 0 atom stereocenters. The lowest BCUT2D eigenvalue weighted by molar-refractivity contribution is -0.137. The maximum Gasteiger partial charge on any atom is 0.342 e. The molecule has 0 aromatic heterocycles. The second-order valence-electron chi connectivity index (χ2n) is 8.04. The van der Waals surface area contributed by atoms with Crippen LogP contribution in [0.15, 0.2) is 48.7 Å². The molecule has 190 valence electrons. The molecule has 1 heterocycles. The zero-order valence-corrected chi connectivity index (χ0v) is 20.6. The molecule has 35 heavy (non-hydrogen) atoms. The number of carbonyl (C=O) groups excluding carboxylic acids is 2. The molecule has 1 amide bonds. The minimum absolute atomic E-state index is 0.0603. The topological polar surface area (TPSA) is 109 Å². The van der Waals surface area contributed by atoms with Gasteiger partial charge in [-0.3, -0.25) is 4.79 Å². The Balaban J connectivity index is 2.28. The number of unbranched alkanes of at least 4 members (excludes halogenated alkanes) is 1. The van der Waals surface area contributed by atoms with Crippen molar-refractivity contribution in [2.24, 2.45) is 5.16 Å². The number of phenolic OH excluding ortho intramolecular Hbond substituents is 2. The number of piperidine rings is 1. The van der Waals surface area contributed by atoms with Gasteiger partial charge in [-0.05, 0) is 50.2 Å². The summed E-state index contributed by atoms with van der Waals surface area (Å²) in [7, 11) is 0. The van der Waals surface area contributed by atoms with Gasteiger partial charge in [0.15, 0.2) is 6.61 Å². The van der Waals surface area contributed by atoms with E-state index in [2.05, 4.69) is 18.3 Å². The van der Waals surface area contributed by atoms with Crippen LogP contribution in [0, 0.1) is 0 Å². The Bertz CT molecular complexity index is 967. The molecule has 9 heteroatoms. The van der Waals surface area contributed by atoms with E-state index in [0.717, 1.165) is 31.7 Å². The average molecular weight is 505 g/mol. The van der Waals surface area contributed by atoms with E-state index in [4.69, 9.17) is 21.2 Å². The molecule has 1 fully saturated rings. The highest BCUT2D eigenvalue weighted by atomic mass is 35.5. The summed E-state index contributed by atoms with van der Waals surface area (Å²) in [4.78, 5) is 32.2. The largest absolute Gasteiger partial charge is 0.507 e. The summed E-state index contributed by atoms with van der Waals surface area (Å²) in [6, 6.07) is 0.987. The number of allylic oxidation sites excluding steroid dienone is 3. The standard InChI is InChI=1S/C26H33ClN2O6/c1-3-5-7-9-12-19(28-35-18-23(32)29-13-10-8-11-14-29)16-20-24(26(33)34-15-6-4-2)21(30)17-22(31)25(20)27/h3-4,9,12,17,30-31H,1-2,5-8,10-11,13-16,18H2/b12-9+,28-19?. The van der Waals surface area contributed by atoms with Crippen LogP contribution in [0.4, 0.5) is 0 Å². The molecule has 2 rings (SSSR count). The second-order valence-corrected chi connectivity index (χ2v) is 8.42. The molecule has 0 unspecified atom stereocenters. The number of esters is 1. The van der Waals surface area contributed by atoms with Crippen LogP contribution in [0.2, 0.25) is 5.02 Å². The minimum atomic E-state index is -0.794. The van der Waals surface area contributed by atoms with Crippen molar-refractivity contribution in [3.05, 3.63) is 59.7 Å². The van der Waals surface area contributed by atoms with Crippen LogP contribution in [0.1, 0.15) is 54.4 Å². The van der Waals surface area contributed by atoms with Gasteiger partial charge in [0.1, 0.15) is 17.1 Å². The number of phenols is 2. The molecule has 1 aromatic rings. The zero-order chi connectivity index (χ0) is 25.6. The van der Waals surface area contributed by atoms with Gasteiger partial charge in [-0.15, -0.1) is 13.2 Å². The molecular formula is C26H33ClN2O6. The second kappa shape index (κ2) is 14.9. The first-order valence-electron chi connectivity index (χ1n) is 11.6. The van der Waals surface area contributed by atoms with Gasteiger partial charge in [-0.2, -0.15) is 0 Å². The summed E-state index contributed by atoms with van der Waals surface area (Å²) >= 11 is 6.31. The van der Waals surface area contributed by atoms with E-state index in [1.165, 1.54) is 0 Å². The predicted octanol–water partition coefficient (Wildman–Crippen LogP) is 4.93. The number of carbonyl (C=O) groups is 2. The molecule has 1 saturated heterocycles. The van der Waals surface area contributed by atoms with Crippen LogP contribution in [-0.2, 0) is 20.8 Å². The Morgan fingerprint density at radius 3 is 2.49 bits per heavy atom. The van der Waals surface area contributed by atoms with Crippen molar-refractivity contribution in [3.63, 3.8) is 0 Å². The molecular weight excluding hydrogens is 472 g/mol. The lowest BCUT2D eigenvalue weighted by atomic mass is 9.99. The Morgan fingerprint density at radius 1 is 1.09 bits per heavy atom. The Labute approximate surface area is 211 Å². The number of rotatable bonds is 13. The number of nitrogens with zero attached hydrogens (tertiary/aromatic N) is 2. The van der Waals surface area contributed by atoms with Crippen LogP contribution in [0.5, 0.6) is 11.5 Å². The van der Waals surface area contributed by atoms with Gasteiger partial charge in [0.2, 0.25) is 0 Å². The number of amides is 1. The third-order valence-corrected chi connectivity index (χ3v) is 5.79. The van der Waals surface area contributed by atoms with Crippen molar-refractivity contribution >= 4 is 29.2 Å². The normalized spacial score (nSPS) is 14.1. The molecule has 1 aliphatic rings. The number of likely N-dealkylation sites (tertiary alicyclic amines) is 1. The first-order valence-corrected chi connectivity index (χ1v) is 12.0. The monoisotopic (exact) mass is 504 g/mol. The van der Waals surface area contributed by atoms with Gasteiger partial charge in [0.05, 0.1) is 17.3 Å². The van der Waals surface area contributed by atoms with Gasteiger partial charge < -0.3 is 24.7 Å². The van der Waals surface area contributed by atoms with Crippen molar-refractivity contribution in [1.82, 2.24) is 4.90 Å². The fourth-order valence-electron chi connectivity index (χ4n) is 3.53. The van der Waals surface area contributed by atoms with Crippen LogP contribution < -0.4 is 0 Å². The van der Waals surface area contributed by atoms with Crippen molar-refractivity contribution in [1.29, 1.82) is 0 Å². The molecule has 1 aromatic carbocycles. The zero-order valence-electron chi connectivity index (χ0n) is 19.9. The molecule has 0 radical (unpaired) electrons. The average Bonchev–Trinajstić information content (AvgIpc) is 2.85. The molecule has 0 saturated carbocycles. The summed E-state index contributed by atoms with van der Waals surface area (Å²) in [6.07, 6.45) is 11.7. The summed E-state index contributed by atoms with van der Waals surface area (Å²) in [5.41, 5.74) is 0.298. The number of halogens is 1. The molecule has 8 nitrogen and oxygen atoms in total. The highest BCUT2D eigenvalue weighted by molar-refractivity contribution is 6.33. The number of benzene rings is 1.